The van der Waals surface area contributed by atoms with Crippen molar-refractivity contribution in [2.45, 2.75) is 25.8 Å². The van der Waals surface area contributed by atoms with Crippen LogP contribution in [0.15, 0.2) is 59.8 Å². The van der Waals surface area contributed by atoms with Crippen molar-refractivity contribution in [3.8, 4) is 11.1 Å². The van der Waals surface area contributed by atoms with Crippen molar-refractivity contribution < 1.29 is 17.9 Å². The van der Waals surface area contributed by atoms with Gasteiger partial charge in [-0.05, 0) is 60.7 Å². The summed E-state index contributed by atoms with van der Waals surface area (Å²) in [6, 6.07) is 13.6. The van der Waals surface area contributed by atoms with E-state index < -0.39 is 10.0 Å². The lowest BCUT2D eigenvalue weighted by Crippen LogP contribution is -2.25. The lowest BCUT2D eigenvalue weighted by atomic mass is 9.97. The van der Waals surface area contributed by atoms with Crippen LogP contribution in [-0.2, 0) is 14.8 Å². The maximum absolute atomic E-state index is 12.4. The van der Waals surface area contributed by atoms with Crippen LogP contribution in [0.3, 0.4) is 0 Å². The number of aryl methyl sites for hydroxylation is 1. The van der Waals surface area contributed by atoms with Crippen molar-refractivity contribution in [1.29, 1.82) is 0 Å². The molecule has 0 aliphatic heterocycles. The van der Waals surface area contributed by atoms with Crippen LogP contribution in [0.5, 0.6) is 0 Å². The largest absolute Gasteiger partial charge is 0.442 e. The average Bonchev–Trinajstić information content (AvgIpc) is 3.54. The summed E-state index contributed by atoms with van der Waals surface area (Å²) in [5.41, 5.74) is 4.39. The first kappa shape index (κ1) is 22.7. The van der Waals surface area contributed by atoms with Crippen molar-refractivity contribution in [2.75, 3.05) is 19.8 Å². The second kappa shape index (κ2) is 9.45. The Morgan fingerprint density at radius 1 is 1.16 bits per heavy atom. The second-order valence-electron chi connectivity index (χ2n) is 7.62. The van der Waals surface area contributed by atoms with Gasteiger partial charge in [0.2, 0.25) is 15.9 Å². The zero-order valence-electron chi connectivity index (χ0n) is 17.9. The van der Waals surface area contributed by atoms with Gasteiger partial charge in [-0.3, -0.25) is 9.79 Å². The molecule has 0 bridgehead atoms. The summed E-state index contributed by atoms with van der Waals surface area (Å²) >= 11 is 0. The number of ether oxygens (including phenoxy) is 1. The van der Waals surface area contributed by atoms with Crippen LogP contribution in [0.2, 0.25) is 0 Å². The van der Waals surface area contributed by atoms with Crippen LogP contribution in [0, 0.1) is 6.92 Å². The Morgan fingerprint density at radius 3 is 2.39 bits per heavy atom. The molecule has 7 nitrogen and oxygen atoms in total. The zero-order valence-corrected chi connectivity index (χ0v) is 18.8. The third-order valence-electron chi connectivity index (χ3n) is 4.83. The summed E-state index contributed by atoms with van der Waals surface area (Å²) in [6.45, 7) is 5.70. The summed E-state index contributed by atoms with van der Waals surface area (Å²) in [6.07, 6.45) is 3.17. The van der Waals surface area contributed by atoms with E-state index >= 15 is 0 Å². The fourth-order valence-electron chi connectivity index (χ4n) is 2.98. The number of hydrogen-bond acceptors (Lipinski definition) is 5. The summed E-state index contributed by atoms with van der Waals surface area (Å²) < 4.78 is 30.4. The quantitative estimate of drug-likeness (QED) is 0.374. The summed E-state index contributed by atoms with van der Waals surface area (Å²) in [7, 11) is -1.75. The summed E-state index contributed by atoms with van der Waals surface area (Å²) in [5.74, 6) is 0.525. The van der Waals surface area contributed by atoms with E-state index in [4.69, 9.17) is 4.74 Å². The summed E-state index contributed by atoms with van der Waals surface area (Å²) in [5, 5.41) is 3.02. The Balaban J connectivity index is 1.74. The zero-order chi connectivity index (χ0) is 22.6. The number of carbonyl (C=O) groups excluding carboxylic acids is 1. The number of amides is 1. The number of nitrogens with one attached hydrogen (secondary N) is 2. The number of carbonyl (C=O) groups is 1. The van der Waals surface area contributed by atoms with E-state index in [0.29, 0.717) is 17.5 Å². The number of rotatable bonds is 8. The molecular weight excluding hydrogens is 414 g/mol. The Labute approximate surface area is 183 Å². The second-order valence-corrected chi connectivity index (χ2v) is 9.45. The van der Waals surface area contributed by atoms with Gasteiger partial charge in [-0.15, -0.1) is 0 Å². The molecule has 0 heterocycles. The van der Waals surface area contributed by atoms with Crippen molar-refractivity contribution in [3.05, 3.63) is 71.5 Å². The smallest absolute Gasteiger partial charge is 0.251 e. The van der Waals surface area contributed by atoms with Gasteiger partial charge in [0.05, 0.1) is 12.8 Å². The third-order valence-corrected chi connectivity index (χ3v) is 5.50. The molecule has 1 aliphatic rings. The van der Waals surface area contributed by atoms with Gasteiger partial charge in [-0.1, -0.05) is 24.8 Å². The molecule has 1 fully saturated rings. The van der Waals surface area contributed by atoms with E-state index in [1.807, 2.05) is 49.4 Å². The SMILES string of the molecule is C=C(CNS(C)(=O)=O)OC(=NC)c1ccc(-c2cc(C(=O)NC3CC3)ccc2C)cc1. The summed E-state index contributed by atoms with van der Waals surface area (Å²) in [4.78, 5) is 16.5. The standard InChI is InChI=1S/C23H27N3O4S/c1-15-5-6-19(22(27)26-20-11-12-20)13-21(15)17-7-9-18(10-8-17)23(24-3)30-16(2)14-25-31(4,28)29/h5-10,13,20,25H,2,11-12,14H2,1,3-4H3,(H,26,27). The highest BCUT2D eigenvalue weighted by atomic mass is 32.2. The monoisotopic (exact) mass is 441 g/mol. The molecule has 2 aromatic carbocycles. The number of aliphatic imine (C=N–C) groups is 1. The molecule has 0 radical (unpaired) electrons. The molecule has 0 atom stereocenters. The van der Waals surface area contributed by atoms with Crippen LogP contribution in [0.25, 0.3) is 11.1 Å². The number of nitrogens with zero attached hydrogens (tertiary/aromatic N) is 1. The molecule has 0 unspecified atom stereocenters. The van der Waals surface area contributed by atoms with Gasteiger partial charge in [0.25, 0.3) is 5.91 Å². The molecule has 1 amide bonds. The molecule has 2 aromatic rings. The fraction of sp³-hybridized carbons (Fsp3) is 0.304. The van der Waals surface area contributed by atoms with Crippen LogP contribution in [0.4, 0.5) is 0 Å². The van der Waals surface area contributed by atoms with Crippen LogP contribution in [-0.4, -0.2) is 46.1 Å². The Kier molecular flexibility index (Phi) is 6.92. The van der Waals surface area contributed by atoms with Crippen molar-refractivity contribution in [3.63, 3.8) is 0 Å². The van der Waals surface area contributed by atoms with Gasteiger partial charge in [0.1, 0.15) is 5.76 Å². The molecule has 0 aromatic heterocycles. The number of hydrogen-bond donors (Lipinski definition) is 2. The molecular formula is C23H27N3O4S. The molecule has 164 valence electrons. The predicted octanol–water partition coefficient (Wildman–Crippen LogP) is 3.01. The van der Waals surface area contributed by atoms with E-state index in [-0.39, 0.29) is 18.2 Å². The average molecular weight is 442 g/mol. The molecule has 1 aliphatic carbocycles. The maximum Gasteiger partial charge on any atom is 0.251 e. The van der Waals surface area contributed by atoms with Gasteiger partial charge < -0.3 is 10.1 Å². The highest BCUT2D eigenvalue weighted by molar-refractivity contribution is 7.88. The Hall–Kier alpha value is -2.97. The Bertz CT molecular complexity index is 1120. The van der Waals surface area contributed by atoms with E-state index in [0.717, 1.165) is 41.4 Å². The molecule has 0 saturated heterocycles. The van der Waals surface area contributed by atoms with E-state index in [2.05, 4.69) is 21.6 Å². The third kappa shape index (κ3) is 6.50. The van der Waals surface area contributed by atoms with Gasteiger partial charge in [-0.2, -0.15) is 0 Å². The van der Waals surface area contributed by atoms with Gasteiger partial charge in [0, 0.05) is 24.2 Å². The number of sulfonamides is 1. The fourth-order valence-corrected chi connectivity index (χ4v) is 3.40. The predicted molar refractivity (Wildman–Crippen MR) is 123 cm³/mol. The molecule has 0 spiro atoms. The molecule has 2 N–H and O–H groups in total. The van der Waals surface area contributed by atoms with Crippen LogP contribution in [0.1, 0.15) is 34.3 Å². The molecule has 3 rings (SSSR count). The van der Waals surface area contributed by atoms with Crippen molar-refractivity contribution in [2.24, 2.45) is 4.99 Å². The minimum atomic E-state index is -3.34. The van der Waals surface area contributed by atoms with E-state index in [1.54, 1.807) is 7.05 Å². The van der Waals surface area contributed by atoms with Crippen molar-refractivity contribution >= 4 is 21.8 Å². The molecule has 31 heavy (non-hydrogen) atoms. The highest BCUT2D eigenvalue weighted by Gasteiger charge is 2.24. The highest BCUT2D eigenvalue weighted by Crippen LogP contribution is 2.26. The molecule has 1 saturated carbocycles. The lowest BCUT2D eigenvalue weighted by Gasteiger charge is -2.13. The van der Waals surface area contributed by atoms with Crippen LogP contribution < -0.4 is 10.0 Å². The first-order valence-corrected chi connectivity index (χ1v) is 11.8. The van der Waals surface area contributed by atoms with E-state index in [1.165, 1.54) is 0 Å². The topological polar surface area (TPSA) is 96.9 Å². The first-order valence-electron chi connectivity index (χ1n) is 9.95. The number of benzene rings is 2. The normalized spacial score (nSPS) is 14.2. The van der Waals surface area contributed by atoms with Crippen molar-refractivity contribution in [1.82, 2.24) is 10.0 Å². The lowest BCUT2D eigenvalue weighted by molar-refractivity contribution is 0.0951. The minimum absolute atomic E-state index is 0.0369. The van der Waals surface area contributed by atoms with E-state index in [9.17, 15) is 13.2 Å². The minimum Gasteiger partial charge on any atom is -0.442 e. The van der Waals surface area contributed by atoms with Gasteiger partial charge in [0.15, 0.2) is 0 Å². The van der Waals surface area contributed by atoms with Crippen LogP contribution >= 0.6 is 0 Å². The van der Waals surface area contributed by atoms with Gasteiger partial charge >= 0.3 is 0 Å². The first-order chi connectivity index (χ1) is 14.7. The maximum atomic E-state index is 12.4. The van der Waals surface area contributed by atoms with Gasteiger partial charge in [-0.25, -0.2) is 13.1 Å². The Morgan fingerprint density at radius 2 is 1.81 bits per heavy atom. The molecule has 8 heteroatoms.